The number of aromatic nitrogens is 1. The van der Waals surface area contributed by atoms with Crippen molar-refractivity contribution in [3.63, 3.8) is 0 Å². The van der Waals surface area contributed by atoms with Crippen molar-refractivity contribution in [1.29, 1.82) is 0 Å². The van der Waals surface area contributed by atoms with Crippen LogP contribution in [0.15, 0.2) is 36.4 Å². The van der Waals surface area contributed by atoms with Gasteiger partial charge in [0.15, 0.2) is 6.79 Å². The zero-order valence-corrected chi connectivity index (χ0v) is 15.6. The molecule has 0 amide bonds. The topological polar surface area (TPSA) is 79.0 Å². The van der Waals surface area contributed by atoms with Crippen molar-refractivity contribution in [3.05, 3.63) is 42.1 Å². The molecule has 1 aromatic heterocycles. The summed E-state index contributed by atoms with van der Waals surface area (Å²) in [6, 6.07) is 11.1. The van der Waals surface area contributed by atoms with Crippen LogP contribution in [0.1, 0.15) is 10.5 Å². The summed E-state index contributed by atoms with van der Waals surface area (Å²) in [5.74, 6) is 1.46. The second kappa shape index (κ2) is 8.01. The Balaban J connectivity index is 2.13. The summed E-state index contributed by atoms with van der Waals surface area (Å²) in [6.45, 7) is 0.183. The third-order valence-corrected chi connectivity index (χ3v) is 4.17. The summed E-state index contributed by atoms with van der Waals surface area (Å²) in [7, 11) is 6.07. The average Bonchev–Trinajstić information content (AvgIpc) is 3.16. The lowest BCUT2D eigenvalue weighted by molar-refractivity contribution is 0.0511. The molecule has 2 aromatic carbocycles. The molecule has 0 fully saturated rings. The molecule has 27 heavy (non-hydrogen) atoms. The van der Waals surface area contributed by atoms with Crippen LogP contribution in [-0.2, 0) is 9.47 Å². The minimum absolute atomic E-state index is 0.183. The van der Waals surface area contributed by atoms with Gasteiger partial charge in [0.05, 0.1) is 26.8 Å². The van der Waals surface area contributed by atoms with Crippen LogP contribution in [0.5, 0.6) is 17.2 Å². The Morgan fingerprint density at radius 3 is 2.33 bits per heavy atom. The summed E-state index contributed by atoms with van der Waals surface area (Å²) in [5.41, 5.74) is 2.73. The Labute approximate surface area is 156 Å². The molecule has 0 aliphatic heterocycles. The molecular formula is C20H21NO6. The van der Waals surface area contributed by atoms with Gasteiger partial charge < -0.3 is 28.7 Å². The number of ether oxygens (including phenoxy) is 5. The molecule has 0 unspecified atom stereocenters. The van der Waals surface area contributed by atoms with Crippen molar-refractivity contribution in [2.45, 2.75) is 0 Å². The van der Waals surface area contributed by atoms with Crippen LogP contribution in [-0.4, -0.2) is 46.2 Å². The van der Waals surface area contributed by atoms with Gasteiger partial charge in [-0.2, -0.15) is 0 Å². The Hall–Kier alpha value is -3.19. The first-order chi connectivity index (χ1) is 13.1. The van der Waals surface area contributed by atoms with Gasteiger partial charge in [0.25, 0.3) is 0 Å². The summed E-state index contributed by atoms with van der Waals surface area (Å²) in [4.78, 5) is 14.9. The van der Waals surface area contributed by atoms with Gasteiger partial charge >= 0.3 is 5.97 Å². The number of carbonyl (C=O) groups is 1. The van der Waals surface area contributed by atoms with E-state index in [4.69, 9.17) is 23.7 Å². The SMILES string of the molecule is COCOc1ccc(-c2cc(OC)c3[nH]c(C(=O)OC)cc3c2OC)cc1. The number of rotatable bonds is 7. The number of carbonyl (C=O) groups excluding carboxylic acids is 1. The van der Waals surface area contributed by atoms with Gasteiger partial charge in [0.1, 0.15) is 22.9 Å². The van der Waals surface area contributed by atoms with Gasteiger partial charge in [-0.1, -0.05) is 12.1 Å². The third kappa shape index (κ3) is 3.54. The minimum atomic E-state index is -0.462. The molecule has 1 N–H and O–H groups in total. The molecule has 0 saturated heterocycles. The zero-order valence-electron chi connectivity index (χ0n) is 15.6. The second-order valence-corrected chi connectivity index (χ2v) is 5.70. The van der Waals surface area contributed by atoms with E-state index >= 15 is 0 Å². The molecule has 1 heterocycles. The van der Waals surface area contributed by atoms with Gasteiger partial charge in [-0.05, 0) is 29.8 Å². The van der Waals surface area contributed by atoms with Crippen LogP contribution in [0.25, 0.3) is 22.0 Å². The Bertz CT molecular complexity index is 945. The first-order valence-electron chi connectivity index (χ1n) is 8.21. The average molecular weight is 371 g/mol. The summed E-state index contributed by atoms with van der Waals surface area (Å²) in [5, 5.41) is 0.729. The zero-order chi connectivity index (χ0) is 19.4. The highest BCUT2D eigenvalue weighted by molar-refractivity contribution is 6.02. The van der Waals surface area contributed by atoms with E-state index in [1.165, 1.54) is 7.11 Å². The Kier molecular flexibility index (Phi) is 5.52. The molecule has 7 nitrogen and oxygen atoms in total. The van der Waals surface area contributed by atoms with Crippen molar-refractivity contribution in [2.24, 2.45) is 0 Å². The van der Waals surface area contributed by atoms with E-state index < -0.39 is 5.97 Å². The molecule has 3 rings (SSSR count). The number of esters is 1. The summed E-state index contributed by atoms with van der Waals surface area (Å²) in [6.07, 6.45) is 0. The van der Waals surface area contributed by atoms with Gasteiger partial charge in [0, 0.05) is 18.1 Å². The van der Waals surface area contributed by atoms with Crippen molar-refractivity contribution in [3.8, 4) is 28.4 Å². The maximum absolute atomic E-state index is 11.9. The maximum Gasteiger partial charge on any atom is 0.354 e. The number of hydrogen-bond donors (Lipinski definition) is 1. The lowest BCUT2D eigenvalue weighted by atomic mass is 10.0. The van der Waals surface area contributed by atoms with Crippen LogP contribution >= 0.6 is 0 Å². The van der Waals surface area contributed by atoms with E-state index in [-0.39, 0.29) is 6.79 Å². The van der Waals surface area contributed by atoms with Gasteiger partial charge in [-0.15, -0.1) is 0 Å². The van der Waals surface area contributed by atoms with Gasteiger partial charge in [-0.3, -0.25) is 0 Å². The lowest BCUT2D eigenvalue weighted by Gasteiger charge is -2.13. The lowest BCUT2D eigenvalue weighted by Crippen LogP contribution is -2.00. The van der Waals surface area contributed by atoms with E-state index in [9.17, 15) is 4.79 Å². The van der Waals surface area contributed by atoms with Crippen molar-refractivity contribution >= 4 is 16.9 Å². The summed E-state index contributed by atoms with van der Waals surface area (Å²) >= 11 is 0. The van der Waals surface area contributed by atoms with E-state index in [1.54, 1.807) is 27.4 Å². The van der Waals surface area contributed by atoms with Crippen molar-refractivity contribution in [1.82, 2.24) is 4.98 Å². The first-order valence-corrected chi connectivity index (χ1v) is 8.21. The Morgan fingerprint density at radius 2 is 1.74 bits per heavy atom. The molecule has 142 valence electrons. The monoisotopic (exact) mass is 371 g/mol. The number of benzene rings is 2. The van der Waals surface area contributed by atoms with E-state index in [2.05, 4.69) is 4.98 Å². The predicted molar refractivity (Wildman–Crippen MR) is 101 cm³/mol. The fourth-order valence-electron chi connectivity index (χ4n) is 2.91. The second-order valence-electron chi connectivity index (χ2n) is 5.70. The maximum atomic E-state index is 11.9. The van der Waals surface area contributed by atoms with E-state index in [0.29, 0.717) is 28.5 Å². The molecule has 0 radical (unpaired) electrons. The molecule has 0 atom stereocenters. The molecule has 0 aliphatic carbocycles. The number of fused-ring (bicyclic) bond motifs is 1. The van der Waals surface area contributed by atoms with Gasteiger partial charge in [-0.25, -0.2) is 4.79 Å². The minimum Gasteiger partial charge on any atom is -0.495 e. The fourth-order valence-corrected chi connectivity index (χ4v) is 2.91. The molecule has 3 aromatic rings. The smallest absolute Gasteiger partial charge is 0.354 e. The highest BCUT2D eigenvalue weighted by Gasteiger charge is 2.20. The van der Waals surface area contributed by atoms with Gasteiger partial charge in [0.2, 0.25) is 0 Å². The normalized spacial score (nSPS) is 10.7. The van der Waals surface area contributed by atoms with Crippen LogP contribution in [0.2, 0.25) is 0 Å². The number of aromatic amines is 1. The third-order valence-electron chi connectivity index (χ3n) is 4.17. The molecule has 0 spiro atoms. The van der Waals surface area contributed by atoms with Crippen LogP contribution in [0.4, 0.5) is 0 Å². The largest absolute Gasteiger partial charge is 0.495 e. The number of hydrogen-bond acceptors (Lipinski definition) is 6. The number of H-pyrrole nitrogens is 1. The van der Waals surface area contributed by atoms with Crippen LogP contribution < -0.4 is 14.2 Å². The molecule has 0 aliphatic rings. The van der Waals surface area contributed by atoms with E-state index in [0.717, 1.165) is 16.5 Å². The standard InChI is InChI=1S/C20H21NO6/c1-23-11-27-13-7-5-12(6-8-13)14-10-17(24-2)18-15(19(14)25-3)9-16(21-18)20(22)26-4/h5-10,21H,11H2,1-4H3. The van der Waals surface area contributed by atoms with Crippen LogP contribution in [0.3, 0.4) is 0 Å². The van der Waals surface area contributed by atoms with E-state index in [1.807, 2.05) is 30.3 Å². The van der Waals surface area contributed by atoms with Crippen molar-refractivity contribution < 1.29 is 28.5 Å². The van der Waals surface area contributed by atoms with Crippen molar-refractivity contribution in [2.75, 3.05) is 35.2 Å². The predicted octanol–water partition coefficient (Wildman–Crippen LogP) is 3.62. The number of methoxy groups -OCH3 is 4. The van der Waals surface area contributed by atoms with Crippen LogP contribution in [0, 0.1) is 0 Å². The summed E-state index contributed by atoms with van der Waals surface area (Å²) < 4.78 is 26.3. The molecule has 0 bridgehead atoms. The molecule has 0 saturated carbocycles. The fraction of sp³-hybridized carbons (Fsp3) is 0.250. The number of nitrogens with one attached hydrogen (secondary N) is 1. The highest BCUT2D eigenvalue weighted by atomic mass is 16.7. The quantitative estimate of drug-likeness (QED) is 0.505. The molecular weight excluding hydrogens is 350 g/mol. The Morgan fingerprint density at radius 1 is 1.00 bits per heavy atom. The molecule has 7 heteroatoms. The highest BCUT2D eigenvalue weighted by Crippen LogP contribution is 2.42. The first kappa shape index (κ1) is 18.6.